The first-order valence-corrected chi connectivity index (χ1v) is 13.2. The first kappa shape index (κ1) is 27.3. The maximum atomic E-state index is 13.3. The standard InChI is InChI=1S/C28H24IN3O5S/c1-3-36-23-15-18(13-20-26(34)31-28(38)32(27(20)35)19-10-5-4-6-11-19)14-21(29)25(23)37-16-24(33)30-22-12-8-7-9-17(22)2/h4-15H,3,16H2,1-2H3,(H,30,33)(H,31,34,38)/b20-13-. The number of carbonyl (C=O) groups excluding carboxylic acids is 3. The van der Waals surface area contributed by atoms with Gasteiger partial charge in [0, 0.05) is 5.69 Å². The molecule has 0 aliphatic carbocycles. The molecule has 0 spiro atoms. The topological polar surface area (TPSA) is 97.0 Å². The lowest BCUT2D eigenvalue weighted by Gasteiger charge is -2.28. The van der Waals surface area contributed by atoms with Crippen LogP contribution in [0.5, 0.6) is 11.5 Å². The van der Waals surface area contributed by atoms with Crippen molar-refractivity contribution in [3.05, 3.63) is 87.0 Å². The minimum Gasteiger partial charge on any atom is -0.490 e. The van der Waals surface area contributed by atoms with Gasteiger partial charge in [-0.2, -0.15) is 0 Å². The number of ether oxygens (including phenoxy) is 2. The molecular weight excluding hydrogens is 617 g/mol. The predicted molar refractivity (Wildman–Crippen MR) is 158 cm³/mol. The van der Waals surface area contributed by atoms with Crippen molar-refractivity contribution in [2.24, 2.45) is 0 Å². The zero-order valence-corrected chi connectivity index (χ0v) is 23.6. The molecule has 1 aliphatic rings. The molecule has 0 radical (unpaired) electrons. The molecule has 0 aromatic heterocycles. The van der Waals surface area contributed by atoms with Crippen molar-refractivity contribution in [2.75, 3.05) is 23.4 Å². The number of rotatable bonds is 8. The Morgan fingerprint density at radius 3 is 2.50 bits per heavy atom. The molecule has 1 saturated heterocycles. The molecule has 10 heteroatoms. The van der Waals surface area contributed by atoms with E-state index in [-0.39, 0.29) is 23.2 Å². The molecule has 8 nitrogen and oxygen atoms in total. The van der Waals surface area contributed by atoms with Crippen LogP contribution in [0, 0.1) is 10.5 Å². The summed E-state index contributed by atoms with van der Waals surface area (Å²) in [4.78, 5) is 39.8. The summed E-state index contributed by atoms with van der Waals surface area (Å²) in [6.07, 6.45) is 1.48. The average molecular weight is 641 g/mol. The van der Waals surface area contributed by atoms with Crippen molar-refractivity contribution in [3.63, 3.8) is 0 Å². The van der Waals surface area contributed by atoms with Crippen LogP contribution in [0.2, 0.25) is 0 Å². The SMILES string of the molecule is CCOc1cc(/C=C2/C(=O)NC(=S)N(c3ccccc3)C2=O)cc(I)c1OCC(=O)Nc1ccccc1C. The Bertz CT molecular complexity index is 1440. The molecule has 194 valence electrons. The number of nitrogens with zero attached hydrogens (tertiary/aromatic N) is 1. The van der Waals surface area contributed by atoms with Crippen LogP contribution < -0.4 is 25.0 Å². The maximum Gasteiger partial charge on any atom is 0.270 e. The van der Waals surface area contributed by atoms with Gasteiger partial charge < -0.3 is 14.8 Å². The molecular formula is C28H24IN3O5S. The van der Waals surface area contributed by atoms with E-state index in [1.807, 2.05) is 44.2 Å². The van der Waals surface area contributed by atoms with Gasteiger partial charge in [-0.3, -0.25) is 24.6 Å². The number of hydrogen-bond donors (Lipinski definition) is 2. The first-order chi connectivity index (χ1) is 18.3. The van der Waals surface area contributed by atoms with Crippen LogP contribution in [0.1, 0.15) is 18.1 Å². The van der Waals surface area contributed by atoms with Gasteiger partial charge in [0.25, 0.3) is 17.7 Å². The van der Waals surface area contributed by atoms with Crippen molar-refractivity contribution >= 4 is 75.1 Å². The fraction of sp³-hybridized carbons (Fsp3) is 0.143. The summed E-state index contributed by atoms with van der Waals surface area (Å²) in [5, 5.41) is 5.43. The van der Waals surface area contributed by atoms with Gasteiger partial charge in [0.1, 0.15) is 5.57 Å². The van der Waals surface area contributed by atoms with Gasteiger partial charge in [0.15, 0.2) is 23.2 Å². The van der Waals surface area contributed by atoms with Crippen molar-refractivity contribution in [1.82, 2.24) is 5.32 Å². The molecule has 1 heterocycles. The number of hydrogen-bond acceptors (Lipinski definition) is 6. The number of aryl methyl sites for hydroxylation is 1. The van der Waals surface area contributed by atoms with Crippen LogP contribution >= 0.6 is 34.8 Å². The number of halogens is 1. The summed E-state index contributed by atoms with van der Waals surface area (Å²) < 4.78 is 12.2. The third-order valence-electron chi connectivity index (χ3n) is 5.53. The Balaban J connectivity index is 1.58. The van der Waals surface area contributed by atoms with Crippen LogP contribution in [-0.4, -0.2) is 36.0 Å². The van der Waals surface area contributed by atoms with Crippen LogP contribution in [-0.2, 0) is 14.4 Å². The lowest BCUT2D eigenvalue weighted by molar-refractivity contribution is -0.122. The second-order valence-corrected chi connectivity index (χ2v) is 9.76. The van der Waals surface area contributed by atoms with Crippen molar-refractivity contribution in [3.8, 4) is 11.5 Å². The number of anilines is 2. The Labute approximate surface area is 239 Å². The number of carbonyl (C=O) groups is 3. The van der Waals surface area contributed by atoms with Gasteiger partial charge in [0.2, 0.25) is 0 Å². The molecule has 1 fully saturated rings. The zero-order chi connectivity index (χ0) is 27.2. The van der Waals surface area contributed by atoms with Gasteiger partial charge in [-0.1, -0.05) is 36.4 Å². The van der Waals surface area contributed by atoms with E-state index in [2.05, 4.69) is 33.2 Å². The largest absolute Gasteiger partial charge is 0.490 e. The van der Waals surface area contributed by atoms with Crippen LogP contribution in [0.15, 0.2) is 72.3 Å². The molecule has 3 aromatic rings. The van der Waals surface area contributed by atoms with E-state index in [9.17, 15) is 14.4 Å². The van der Waals surface area contributed by atoms with Crippen molar-refractivity contribution in [2.45, 2.75) is 13.8 Å². The molecule has 3 amide bonds. The van der Waals surface area contributed by atoms with Crippen LogP contribution in [0.3, 0.4) is 0 Å². The monoisotopic (exact) mass is 641 g/mol. The summed E-state index contributed by atoms with van der Waals surface area (Å²) in [5.41, 5.74) is 2.67. The van der Waals surface area contributed by atoms with E-state index in [0.29, 0.717) is 38.6 Å². The third kappa shape index (κ3) is 6.20. The number of amides is 3. The summed E-state index contributed by atoms with van der Waals surface area (Å²) in [7, 11) is 0. The summed E-state index contributed by atoms with van der Waals surface area (Å²) in [6, 6.07) is 19.7. The van der Waals surface area contributed by atoms with Crippen LogP contribution in [0.25, 0.3) is 6.08 Å². The molecule has 2 N–H and O–H groups in total. The Morgan fingerprint density at radius 2 is 1.79 bits per heavy atom. The first-order valence-electron chi connectivity index (χ1n) is 11.7. The molecule has 38 heavy (non-hydrogen) atoms. The minimum absolute atomic E-state index is 0.0145. The Hall–Kier alpha value is -3.77. The van der Waals surface area contributed by atoms with Crippen LogP contribution in [0.4, 0.5) is 11.4 Å². The fourth-order valence-corrected chi connectivity index (χ4v) is 4.81. The second kappa shape index (κ2) is 12.2. The van der Waals surface area contributed by atoms with Gasteiger partial charge in [0.05, 0.1) is 15.9 Å². The van der Waals surface area contributed by atoms with Gasteiger partial charge in [-0.05, 0) is 96.2 Å². The maximum absolute atomic E-state index is 13.3. The zero-order valence-electron chi connectivity index (χ0n) is 20.6. The minimum atomic E-state index is -0.589. The van der Waals surface area contributed by atoms with E-state index < -0.39 is 11.8 Å². The lowest BCUT2D eigenvalue weighted by atomic mass is 10.1. The molecule has 4 rings (SSSR count). The van der Waals surface area contributed by atoms with Crippen molar-refractivity contribution in [1.29, 1.82) is 0 Å². The Kier molecular flexibility index (Phi) is 8.74. The van der Waals surface area contributed by atoms with E-state index in [1.54, 1.807) is 36.4 Å². The fourth-order valence-electron chi connectivity index (χ4n) is 3.75. The van der Waals surface area contributed by atoms with Gasteiger partial charge in [-0.25, -0.2) is 0 Å². The van der Waals surface area contributed by atoms with E-state index in [1.165, 1.54) is 11.0 Å². The van der Waals surface area contributed by atoms with Crippen molar-refractivity contribution < 1.29 is 23.9 Å². The summed E-state index contributed by atoms with van der Waals surface area (Å²) in [5.74, 6) is -0.667. The average Bonchev–Trinajstić information content (AvgIpc) is 2.88. The number of thiocarbonyl (C=S) groups is 1. The molecule has 0 unspecified atom stereocenters. The predicted octanol–water partition coefficient (Wildman–Crippen LogP) is 4.85. The molecule has 0 saturated carbocycles. The van der Waals surface area contributed by atoms with E-state index in [4.69, 9.17) is 21.7 Å². The molecule has 3 aromatic carbocycles. The second-order valence-electron chi connectivity index (χ2n) is 8.21. The van der Waals surface area contributed by atoms with E-state index in [0.717, 1.165) is 5.56 Å². The molecule has 1 aliphatic heterocycles. The summed E-state index contributed by atoms with van der Waals surface area (Å²) >= 11 is 7.31. The lowest BCUT2D eigenvalue weighted by Crippen LogP contribution is -2.54. The normalized spacial score (nSPS) is 14.3. The van der Waals surface area contributed by atoms with E-state index >= 15 is 0 Å². The smallest absolute Gasteiger partial charge is 0.270 e. The Morgan fingerprint density at radius 1 is 1.08 bits per heavy atom. The molecule has 0 bridgehead atoms. The number of nitrogens with one attached hydrogen (secondary N) is 2. The van der Waals surface area contributed by atoms with Gasteiger partial charge >= 0.3 is 0 Å². The highest BCUT2D eigenvalue weighted by molar-refractivity contribution is 14.1. The molecule has 0 atom stereocenters. The number of benzene rings is 3. The number of para-hydroxylation sites is 2. The third-order valence-corrected chi connectivity index (χ3v) is 6.61. The highest BCUT2D eigenvalue weighted by Gasteiger charge is 2.34. The quantitative estimate of drug-likeness (QED) is 0.158. The van der Waals surface area contributed by atoms with Gasteiger partial charge in [-0.15, -0.1) is 0 Å². The highest BCUT2D eigenvalue weighted by Crippen LogP contribution is 2.35. The highest BCUT2D eigenvalue weighted by atomic mass is 127. The summed E-state index contributed by atoms with van der Waals surface area (Å²) in [6.45, 7) is 3.85.